The summed E-state index contributed by atoms with van der Waals surface area (Å²) >= 11 is 0. The number of carbonyl (C=O) groups is 1. The number of aromatic nitrogens is 2. The molecule has 2 aliphatic rings. The number of hydrogen-bond acceptors (Lipinski definition) is 6. The van der Waals surface area contributed by atoms with E-state index in [4.69, 9.17) is 4.42 Å². The van der Waals surface area contributed by atoms with Gasteiger partial charge < -0.3 is 14.2 Å². The highest BCUT2D eigenvalue weighted by atomic mass is 16.4. The first-order chi connectivity index (χ1) is 9.69. The van der Waals surface area contributed by atoms with Gasteiger partial charge in [0.15, 0.2) is 0 Å². The molecule has 0 radical (unpaired) electrons. The molecular formula is C13H21N5O2. The number of aryl methyl sites for hydroxylation is 1. The van der Waals surface area contributed by atoms with E-state index >= 15 is 0 Å². The van der Waals surface area contributed by atoms with Gasteiger partial charge in [-0.15, -0.1) is 5.10 Å². The first-order valence-corrected chi connectivity index (χ1v) is 7.25. The van der Waals surface area contributed by atoms with Crippen LogP contribution in [0.5, 0.6) is 0 Å². The number of fused-ring (bicyclic) bond motifs is 1. The number of likely N-dealkylation sites (N-methyl/N-ethyl adjacent to an activating group) is 1. The molecule has 1 aromatic heterocycles. The molecule has 2 fully saturated rings. The number of amides is 1. The van der Waals surface area contributed by atoms with Gasteiger partial charge in [-0.1, -0.05) is 12.0 Å². The van der Waals surface area contributed by atoms with Crippen LogP contribution in [0.4, 0.5) is 6.01 Å². The lowest BCUT2D eigenvalue weighted by atomic mass is 10.1. The molecule has 0 spiro atoms. The summed E-state index contributed by atoms with van der Waals surface area (Å²) in [7, 11) is 1.87. The molecule has 0 saturated carbocycles. The van der Waals surface area contributed by atoms with Crippen LogP contribution in [-0.4, -0.2) is 71.7 Å². The molecular weight excluding hydrogens is 258 g/mol. The van der Waals surface area contributed by atoms with Crippen molar-refractivity contribution >= 4 is 11.9 Å². The minimum atomic E-state index is -0.0796. The summed E-state index contributed by atoms with van der Waals surface area (Å²) in [6.45, 7) is 6.19. The molecule has 1 atom stereocenters. The zero-order chi connectivity index (χ0) is 14.1. The van der Waals surface area contributed by atoms with Gasteiger partial charge in [0.2, 0.25) is 11.8 Å². The minimum Gasteiger partial charge on any atom is -0.408 e. The molecule has 3 rings (SSSR count). The van der Waals surface area contributed by atoms with Crippen molar-refractivity contribution in [3.63, 3.8) is 0 Å². The summed E-state index contributed by atoms with van der Waals surface area (Å²) in [5.74, 6) is 0.867. The predicted molar refractivity (Wildman–Crippen MR) is 73.5 cm³/mol. The van der Waals surface area contributed by atoms with E-state index in [1.807, 2.05) is 11.9 Å². The summed E-state index contributed by atoms with van der Waals surface area (Å²) in [5, 5.41) is 8.16. The number of piperazine rings is 2. The SMILES string of the molecule is CCCc1nnc(N2CCN3CCN(C)C(=O)C3C2)o1. The molecule has 1 aromatic rings. The van der Waals surface area contributed by atoms with Gasteiger partial charge in [0.1, 0.15) is 6.04 Å². The second-order valence-corrected chi connectivity index (χ2v) is 5.49. The van der Waals surface area contributed by atoms with Crippen LogP contribution >= 0.6 is 0 Å². The van der Waals surface area contributed by atoms with Crippen LogP contribution in [0.2, 0.25) is 0 Å². The standard InChI is InChI=1S/C13H21N5O2/c1-3-4-11-14-15-13(20-11)18-8-7-17-6-5-16(2)12(19)10(17)9-18/h10H,3-9H2,1-2H3. The molecule has 0 bridgehead atoms. The van der Waals surface area contributed by atoms with Crippen molar-refractivity contribution in [1.29, 1.82) is 0 Å². The molecule has 3 heterocycles. The first-order valence-electron chi connectivity index (χ1n) is 7.25. The van der Waals surface area contributed by atoms with E-state index in [1.54, 1.807) is 4.90 Å². The number of carbonyl (C=O) groups excluding carboxylic acids is 1. The van der Waals surface area contributed by atoms with Crippen LogP contribution < -0.4 is 4.90 Å². The predicted octanol–water partition coefficient (Wildman–Crippen LogP) is -0.0153. The van der Waals surface area contributed by atoms with E-state index in [2.05, 4.69) is 22.0 Å². The molecule has 0 N–H and O–H groups in total. The van der Waals surface area contributed by atoms with Crippen LogP contribution in [0.3, 0.4) is 0 Å². The third-order valence-electron chi connectivity index (χ3n) is 4.07. The van der Waals surface area contributed by atoms with Crippen molar-refractivity contribution in [3.05, 3.63) is 5.89 Å². The Labute approximate surface area is 118 Å². The highest BCUT2D eigenvalue weighted by Gasteiger charge is 2.38. The second kappa shape index (κ2) is 5.40. The van der Waals surface area contributed by atoms with Crippen molar-refractivity contribution in [2.75, 3.05) is 44.7 Å². The molecule has 7 heteroatoms. The van der Waals surface area contributed by atoms with Crippen LogP contribution in [0.15, 0.2) is 4.42 Å². The number of nitrogens with zero attached hydrogens (tertiary/aromatic N) is 5. The van der Waals surface area contributed by atoms with Gasteiger partial charge in [-0.05, 0) is 6.42 Å². The Kier molecular flexibility index (Phi) is 3.60. The quantitative estimate of drug-likeness (QED) is 0.775. The molecule has 7 nitrogen and oxygen atoms in total. The Morgan fingerprint density at radius 1 is 1.25 bits per heavy atom. The Balaban J connectivity index is 1.71. The van der Waals surface area contributed by atoms with Gasteiger partial charge in [-0.2, -0.15) is 0 Å². The molecule has 0 aliphatic carbocycles. The van der Waals surface area contributed by atoms with Crippen molar-refractivity contribution in [2.24, 2.45) is 0 Å². The van der Waals surface area contributed by atoms with Gasteiger partial charge in [0.25, 0.3) is 0 Å². The third-order valence-corrected chi connectivity index (χ3v) is 4.07. The van der Waals surface area contributed by atoms with E-state index in [0.29, 0.717) is 18.5 Å². The lowest BCUT2D eigenvalue weighted by molar-refractivity contribution is -0.140. The van der Waals surface area contributed by atoms with Gasteiger partial charge in [0.05, 0.1) is 0 Å². The van der Waals surface area contributed by atoms with E-state index in [1.165, 1.54) is 0 Å². The summed E-state index contributed by atoms with van der Waals surface area (Å²) in [4.78, 5) is 18.3. The van der Waals surface area contributed by atoms with E-state index in [0.717, 1.165) is 39.0 Å². The Bertz CT molecular complexity index is 489. The Morgan fingerprint density at radius 2 is 2.05 bits per heavy atom. The fourth-order valence-electron chi connectivity index (χ4n) is 2.83. The van der Waals surface area contributed by atoms with E-state index in [9.17, 15) is 4.79 Å². The normalized spacial score (nSPS) is 24.1. The fraction of sp³-hybridized carbons (Fsp3) is 0.769. The molecule has 0 aromatic carbocycles. The average Bonchev–Trinajstić information content (AvgIpc) is 2.92. The third kappa shape index (κ3) is 2.37. The maximum absolute atomic E-state index is 12.2. The van der Waals surface area contributed by atoms with Crippen molar-refractivity contribution in [1.82, 2.24) is 20.0 Å². The smallest absolute Gasteiger partial charge is 0.318 e. The minimum absolute atomic E-state index is 0.0796. The van der Waals surface area contributed by atoms with E-state index in [-0.39, 0.29) is 11.9 Å². The summed E-state index contributed by atoms with van der Waals surface area (Å²) in [6.07, 6.45) is 1.79. The van der Waals surface area contributed by atoms with Crippen molar-refractivity contribution in [3.8, 4) is 0 Å². The topological polar surface area (TPSA) is 65.7 Å². The molecule has 1 amide bonds. The van der Waals surface area contributed by atoms with Crippen LogP contribution in [0.1, 0.15) is 19.2 Å². The summed E-state index contributed by atoms with van der Waals surface area (Å²) in [6, 6.07) is 0.471. The summed E-state index contributed by atoms with van der Waals surface area (Å²) < 4.78 is 5.67. The fourth-order valence-corrected chi connectivity index (χ4v) is 2.83. The van der Waals surface area contributed by atoms with Gasteiger partial charge >= 0.3 is 6.01 Å². The second-order valence-electron chi connectivity index (χ2n) is 5.49. The zero-order valence-electron chi connectivity index (χ0n) is 12.1. The highest BCUT2D eigenvalue weighted by molar-refractivity contribution is 5.83. The monoisotopic (exact) mass is 279 g/mol. The number of rotatable bonds is 3. The lowest BCUT2D eigenvalue weighted by Crippen LogP contribution is -2.64. The van der Waals surface area contributed by atoms with Crippen molar-refractivity contribution < 1.29 is 9.21 Å². The molecule has 110 valence electrons. The Morgan fingerprint density at radius 3 is 2.85 bits per heavy atom. The van der Waals surface area contributed by atoms with Crippen LogP contribution in [0.25, 0.3) is 0 Å². The van der Waals surface area contributed by atoms with Gasteiger partial charge in [0, 0.05) is 46.2 Å². The number of hydrogen-bond donors (Lipinski definition) is 0. The largest absolute Gasteiger partial charge is 0.408 e. The summed E-state index contributed by atoms with van der Waals surface area (Å²) in [5.41, 5.74) is 0. The maximum atomic E-state index is 12.2. The zero-order valence-corrected chi connectivity index (χ0v) is 12.1. The molecule has 1 unspecified atom stereocenters. The van der Waals surface area contributed by atoms with Crippen LogP contribution in [0, 0.1) is 0 Å². The van der Waals surface area contributed by atoms with E-state index < -0.39 is 0 Å². The molecule has 2 aliphatic heterocycles. The lowest BCUT2D eigenvalue weighted by Gasteiger charge is -2.44. The van der Waals surface area contributed by atoms with Gasteiger partial charge in [-0.3, -0.25) is 9.69 Å². The van der Waals surface area contributed by atoms with Crippen molar-refractivity contribution in [2.45, 2.75) is 25.8 Å². The maximum Gasteiger partial charge on any atom is 0.318 e. The average molecular weight is 279 g/mol. The van der Waals surface area contributed by atoms with Crippen LogP contribution in [-0.2, 0) is 11.2 Å². The first kappa shape index (κ1) is 13.4. The highest BCUT2D eigenvalue weighted by Crippen LogP contribution is 2.21. The molecule has 20 heavy (non-hydrogen) atoms. The molecule has 2 saturated heterocycles. The Hall–Kier alpha value is -1.63. The van der Waals surface area contributed by atoms with Gasteiger partial charge in [-0.25, -0.2) is 0 Å². The number of anilines is 1.